The molecule has 2 N–H and O–H groups in total. The van der Waals surface area contributed by atoms with Crippen molar-refractivity contribution >= 4 is 29.5 Å². The van der Waals surface area contributed by atoms with E-state index in [2.05, 4.69) is 10.6 Å². The molecule has 0 aromatic heterocycles. The normalized spacial score (nSPS) is 13.4. The smallest absolute Gasteiger partial charge is 0.251 e. The highest BCUT2D eigenvalue weighted by molar-refractivity contribution is 6.30. The molecule has 0 aliphatic heterocycles. The molecule has 1 saturated carbocycles. The van der Waals surface area contributed by atoms with E-state index in [1.807, 2.05) is 18.2 Å². The maximum Gasteiger partial charge on any atom is 0.251 e. The highest BCUT2D eigenvalue weighted by atomic mass is 35.5. The molecule has 1 fully saturated rings. The first-order chi connectivity index (χ1) is 13.1. The van der Waals surface area contributed by atoms with Crippen LogP contribution >= 0.6 is 11.6 Å². The molecule has 0 spiro atoms. The zero-order valence-corrected chi connectivity index (χ0v) is 15.5. The molecule has 1 aliphatic rings. The van der Waals surface area contributed by atoms with Gasteiger partial charge in [0.15, 0.2) is 0 Å². The van der Waals surface area contributed by atoms with Crippen molar-refractivity contribution in [2.45, 2.75) is 18.9 Å². The lowest BCUT2D eigenvalue weighted by Gasteiger charge is -2.06. The average molecular weight is 385 g/mol. The average Bonchev–Trinajstić information content (AvgIpc) is 3.48. The second-order valence-corrected chi connectivity index (χ2v) is 6.74. The molecule has 5 nitrogen and oxygen atoms in total. The van der Waals surface area contributed by atoms with Crippen molar-refractivity contribution in [3.05, 3.63) is 70.8 Å². The molecule has 1 aliphatic carbocycles. The number of halogens is 1. The van der Waals surface area contributed by atoms with Crippen LogP contribution in [0.3, 0.4) is 0 Å². The van der Waals surface area contributed by atoms with Gasteiger partial charge >= 0.3 is 0 Å². The van der Waals surface area contributed by atoms with Gasteiger partial charge in [0.1, 0.15) is 12.4 Å². The van der Waals surface area contributed by atoms with E-state index in [1.165, 1.54) is 6.08 Å². The Labute approximate surface area is 163 Å². The summed E-state index contributed by atoms with van der Waals surface area (Å²) in [5.41, 5.74) is 1.48. The summed E-state index contributed by atoms with van der Waals surface area (Å²) in [5.74, 6) is 0.406. The summed E-state index contributed by atoms with van der Waals surface area (Å²) in [5, 5.41) is 6.30. The molecule has 0 bridgehead atoms. The summed E-state index contributed by atoms with van der Waals surface area (Å²) < 4.78 is 5.51. The van der Waals surface area contributed by atoms with E-state index < -0.39 is 0 Å². The zero-order valence-electron chi connectivity index (χ0n) is 14.8. The molecular weight excluding hydrogens is 364 g/mol. The first-order valence-electron chi connectivity index (χ1n) is 8.85. The third-order valence-corrected chi connectivity index (χ3v) is 4.21. The van der Waals surface area contributed by atoms with Gasteiger partial charge in [0.25, 0.3) is 5.91 Å². The quantitative estimate of drug-likeness (QED) is 0.541. The molecule has 0 heterocycles. The maximum atomic E-state index is 11.9. The summed E-state index contributed by atoms with van der Waals surface area (Å²) in [6.07, 6.45) is 5.28. The molecule has 0 radical (unpaired) electrons. The molecule has 2 aromatic rings. The van der Waals surface area contributed by atoms with Crippen LogP contribution in [0.4, 0.5) is 0 Å². The predicted molar refractivity (Wildman–Crippen MR) is 106 cm³/mol. The Bertz CT molecular complexity index is 830. The molecule has 2 amide bonds. The van der Waals surface area contributed by atoms with Gasteiger partial charge in [0, 0.05) is 22.7 Å². The molecule has 0 saturated heterocycles. The standard InChI is InChI=1S/C21H21ClN2O3/c22-17-2-1-3-19(14-17)27-13-12-23-20(25)11-6-15-4-7-16(8-5-15)21(26)24-18-9-10-18/h1-8,11,14,18H,9-10,12-13H2,(H,23,25)(H,24,26)/b11-6+. The lowest BCUT2D eigenvalue weighted by atomic mass is 10.1. The van der Waals surface area contributed by atoms with Crippen molar-refractivity contribution in [3.8, 4) is 5.75 Å². The minimum Gasteiger partial charge on any atom is -0.492 e. The first kappa shape index (κ1) is 19.0. The number of ether oxygens (including phenoxy) is 1. The van der Waals surface area contributed by atoms with Gasteiger partial charge in [0.2, 0.25) is 5.91 Å². The highest BCUT2D eigenvalue weighted by Gasteiger charge is 2.23. The lowest BCUT2D eigenvalue weighted by Crippen LogP contribution is -2.26. The van der Waals surface area contributed by atoms with Gasteiger partial charge in [-0.2, -0.15) is 0 Å². The number of hydrogen-bond acceptors (Lipinski definition) is 3. The van der Waals surface area contributed by atoms with E-state index >= 15 is 0 Å². The van der Waals surface area contributed by atoms with Gasteiger partial charge in [-0.1, -0.05) is 29.8 Å². The number of carbonyl (C=O) groups is 2. The Morgan fingerprint density at radius 1 is 1.15 bits per heavy atom. The molecule has 140 valence electrons. The molecule has 2 aromatic carbocycles. The third-order valence-electron chi connectivity index (χ3n) is 3.98. The Morgan fingerprint density at radius 2 is 1.93 bits per heavy atom. The fourth-order valence-corrected chi connectivity index (χ4v) is 2.55. The maximum absolute atomic E-state index is 11.9. The van der Waals surface area contributed by atoms with Crippen LogP contribution in [0.15, 0.2) is 54.6 Å². The molecule has 27 heavy (non-hydrogen) atoms. The van der Waals surface area contributed by atoms with Gasteiger partial charge in [-0.25, -0.2) is 0 Å². The van der Waals surface area contributed by atoms with Crippen molar-refractivity contribution in [2.75, 3.05) is 13.2 Å². The minimum absolute atomic E-state index is 0.0505. The Balaban J connectivity index is 1.39. The first-order valence-corrected chi connectivity index (χ1v) is 9.23. The number of nitrogens with one attached hydrogen (secondary N) is 2. The number of amides is 2. The van der Waals surface area contributed by atoms with Crippen molar-refractivity contribution in [2.24, 2.45) is 0 Å². The topological polar surface area (TPSA) is 67.4 Å². The van der Waals surface area contributed by atoms with Gasteiger partial charge in [0.05, 0.1) is 6.54 Å². The third kappa shape index (κ3) is 6.46. The summed E-state index contributed by atoms with van der Waals surface area (Å²) in [4.78, 5) is 23.8. The number of rotatable bonds is 8. The summed E-state index contributed by atoms with van der Waals surface area (Å²) in [6.45, 7) is 0.737. The van der Waals surface area contributed by atoms with Gasteiger partial charge < -0.3 is 15.4 Å². The van der Waals surface area contributed by atoms with Crippen LogP contribution < -0.4 is 15.4 Å². The second-order valence-electron chi connectivity index (χ2n) is 6.30. The molecule has 0 atom stereocenters. The lowest BCUT2D eigenvalue weighted by molar-refractivity contribution is -0.116. The Morgan fingerprint density at radius 3 is 2.63 bits per heavy atom. The highest BCUT2D eigenvalue weighted by Crippen LogP contribution is 2.19. The number of hydrogen-bond donors (Lipinski definition) is 2. The van der Waals surface area contributed by atoms with Gasteiger partial charge in [-0.15, -0.1) is 0 Å². The van der Waals surface area contributed by atoms with E-state index in [0.717, 1.165) is 18.4 Å². The van der Waals surface area contributed by atoms with Crippen molar-refractivity contribution in [1.82, 2.24) is 10.6 Å². The van der Waals surface area contributed by atoms with Gasteiger partial charge in [-0.05, 0) is 54.8 Å². The summed E-state index contributed by atoms with van der Waals surface area (Å²) >= 11 is 5.88. The van der Waals surface area contributed by atoms with E-state index in [-0.39, 0.29) is 11.8 Å². The fourth-order valence-electron chi connectivity index (χ4n) is 2.37. The van der Waals surface area contributed by atoms with Crippen LogP contribution in [0.25, 0.3) is 6.08 Å². The van der Waals surface area contributed by atoms with E-state index in [0.29, 0.717) is 35.5 Å². The van der Waals surface area contributed by atoms with Crippen molar-refractivity contribution < 1.29 is 14.3 Å². The molecular formula is C21H21ClN2O3. The van der Waals surface area contributed by atoms with Crippen LogP contribution in [0, 0.1) is 0 Å². The van der Waals surface area contributed by atoms with E-state index in [4.69, 9.17) is 16.3 Å². The van der Waals surface area contributed by atoms with Crippen LogP contribution in [-0.4, -0.2) is 31.0 Å². The predicted octanol–water partition coefficient (Wildman–Crippen LogP) is 3.44. The Hall–Kier alpha value is -2.79. The SMILES string of the molecule is O=C(/C=C/c1ccc(C(=O)NC2CC2)cc1)NCCOc1cccc(Cl)c1. The van der Waals surface area contributed by atoms with E-state index in [1.54, 1.807) is 36.4 Å². The number of benzene rings is 2. The zero-order chi connectivity index (χ0) is 19.1. The largest absolute Gasteiger partial charge is 0.492 e. The van der Waals surface area contributed by atoms with Crippen LogP contribution in [-0.2, 0) is 4.79 Å². The molecule has 3 rings (SSSR count). The van der Waals surface area contributed by atoms with Crippen LogP contribution in [0.1, 0.15) is 28.8 Å². The van der Waals surface area contributed by atoms with Crippen molar-refractivity contribution in [1.29, 1.82) is 0 Å². The van der Waals surface area contributed by atoms with E-state index in [9.17, 15) is 9.59 Å². The summed E-state index contributed by atoms with van der Waals surface area (Å²) in [6, 6.07) is 14.6. The van der Waals surface area contributed by atoms with Crippen LogP contribution in [0.2, 0.25) is 5.02 Å². The number of carbonyl (C=O) groups excluding carboxylic acids is 2. The second kappa shape index (κ2) is 9.24. The Kier molecular flexibility index (Phi) is 6.49. The summed E-state index contributed by atoms with van der Waals surface area (Å²) in [7, 11) is 0. The molecule has 6 heteroatoms. The fraction of sp³-hybridized carbons (Fsp3) is 0.238. The van der Waals surface area contributed by atoms with Gasteiger partial charge in [-0.3, -0.25) is 9.59 Å². The monoisotopic (exact) mass is 384 g/mol. The molecule has 0 unspecified atom stereocenters. The van der Waals surface area contributed by atoms with Crippen LogP contribution in [0.5, 0.6) is 5.75 Å². The minimum atomic E-state index is -0.208. The van der Waals surface area contributed by atoms with Crippen molar-refractivity contribution in [3.63, 3.8) is 0 Å².